The molecule has 0 aliphatic heterocycles. The van der Waals surface area contributed by atoms with E-state index >= 15 is 0 Å². The number of hydrogen-bond donors (Lipinski definition) is 0. The van der Waals surface area contributed by atoms with Gasteiger partial charge in [0.15, 0.2) is 0 Å². The summed E-state index contributed by atoms with van der Waals surface area (Å²) in [6, 6.07) is 2.20. The van der Waals surface area contributed by atoms with E-state index in [9.17, 15) is 30.7 Å². The minimum Gasteiger partial charge on any atom is -0.429 e. The number of rotatable bonds is 5. The van der Waals surface area contributed by atoms with Crippen LogP contribution in [0.5, 0.6) is 5.75 Å². The average molecular weight is 498 g/mol. The van der Waals surface area contributed by atoms with Crippen LogP contribution in [0.4, 0.5) is 30.7 Å². The van der Waals surface area contributed by atoms with E-state index in [1.165, 1.54) is 6.08 Å². The second-order valence-electron chi connectivity index (χ2n) is 9.51. The van der Waals surface area contributed by atoms with Crippen molar-refractivity contribution in [3.63, 3.8) is 0 Å². The first kappa shape index (κ1) is 25.3. The van der Waals surface area contributed by atoms with Gasteiger partial charge in [-0.15, -0.1) is 0 Å². The summed E-state index contributed by atoms with van der Waals surface area (Å²) >= 11 is 0. The second kappa shape index (κ2) is 9.70. The summed E-state index contributed by atoms with van der Waals surface area (Å²) in [4.78, 5) is 0. The fourth-order valence-electron chi connectivity index (χ4n) is 4.87. The van der Waals surface area contributed by atoms with Crippen LogP contribution >= 0.6 is 0 Å². The summed E-state index contributed by atoms with van der Waals surface area (Å²) in [7, 11) is 0. The van der Waals surface area contributed by atoms with Crippen LogP contribution in [0.3, 0.4) is 0 Å². The van der Waals surface area contributed by atoms with Gasteiger partial charge >= 0.3 is 6.11 Å². The van der Waals surface area contributed by atoms with Gasteiger partial charge in [0.2, 0.25) is 0 Å². The van der Waals surface area contributed by atoms with Crippen molar-refractivity contribution >= 4 is 5.57 Å². The monoisotopic (exact) mass is 498 g/mol. The van der Waals surface area contributed by atoms with Crippen LogP contribution in [0.2, 0.25) is 0 Å². The van der Waals surface area contributed by atoms with Gasteiger partial charge in [-0.05, 0) is 55.2 Å². The van der Waals surface area contributed by atoms with Gasteiger partial charge in [-0.3, -0.25) is 0 Å². The van der Waals surface area contributed by atoms with Crippen molar-refractivity contribution in [1.29, 1.82) is 0 Å². The zero-order chi connectivity index (χ0) is 25.5. The SMILES string of the molecule is Cc1c(F)cc(OC(F)(F)c2c(F)cc(C3=C(F)CC(C4CCC(C)CC4)C=C3)cc2F)cc1F. The van der Waals surface area contributed by atoms with Crippen LogP contribution in [0.15, 0.2) is 42.2 Å². The Bertz CT molecular complexity index is 1130. The number of allylic oxidation sites excluding steroid dienone is 4. The van der Waals surface area contributed by atoms with Crippen LogP contribution in [0, 0.1) is 47.9 Å². The fraction of sp³-hybridized carbons (Fsp3) is 0.407. The first-order chi connectivity index (χ1) is 16.5. The highest BCUT2D eigenvalue weighted by Gasteiger charge is 2.42. The molecular formula is C27H25F7O. The summed E-state index contributed by atoms with van der Waals surface area (Å²) < 4.78 is 105. The maximum atomic E-state index is 14.9. The van der Waals surface area contributed by atoms with E-state index in [4.69, 9.17) is 0 Å². The van der Waals surface area contributed by atoms with E-state index in [1.54, 1.807) is 0 Å². The van der Waals surface area contributed by atoms with Crippen LogP contribution in [-0.4, -0.2) is 0 Å². The smallest absolute Gasteiger partial charge is 0.429 e. The maximum Gasteiger partial charge on any atom is 0.432 e. The maximum absolute atomic E-state index is 14.9. The molecule has 0 heterocycles. The molecule has 1 nitrogen and oxygen atoms in total. The predicted octanol–water partition coefficient (Wildman–Crippen LogP) is 8.76. The third-order valence-corrected chi connectivity index (χ3v) is 7.03. The van der Waals surface area contributed by atoms with Crippen molar-refractivity contribution in [2.75, 3.05) is 0 Å². The Morgan fingerprint density at radius 3 is 1.94 bits per heavy atom. The molecule has 8 heteroatoms. The first-order valence-electron chi connectivity index (χ1n) is 11.6. The molecule has 2 aromatic rings. The lowest BCUT2D eigenvalue weighted by Crippen LogP contribution is -2.25. The molecule has 1 fully saturated rings. The largest absolute Gasteiger partial charge is 0.432 e. The highest BCUT2D eigenvalue weighted by Crippen LogP contribution is 2.42. The summed E-state index contributed by atoms with van der Waals surface area (Å²) in [6.45, 7) is 3.28. The summed E-state index contributed by atoms with van der Waals surface area (Å²) in [6.07, 6.45) is 2.88. The molecule has 0 spiro atoms. The second-order valence-corrected chi connectivity index (χ2v) is 9.51. The standard InChI is InChI=1S/C27H25F7O/c1-14-3-5-16(6-4-14)17-7-8-20(23(30)9-17)18-10-24(31)26(25(32)11-18)27(33,34)35-19-12-21(28)15(2)22(29)13-19/h7-8,10-14,16-17H,3-6,9H2,1-2H3. The first-order valence-corrected chi connectivity index (χ1v) is 11.6. The van der Waals surface area contributed by atoms with Crippen molar-refractivity contribution in [3.8, 4) is 5.75 Å². The van der Waals surface area contributed by atoms with Crippen LogP contribution in [-0.2, 0) is 6.11 Å². The minimum atomic E-state index is -4.58. The molecular weight excluding hydrogens is 473 g/mol. The molecule has 0 amide bonds. The van der Waals surface area contributed by atoms with E-state index in [0.29, 0.717) is 36.1 Å². The lowest BCUT2D eigenvalue weighted by molar-refractivity contribution is -0.189. The third kappa shape index (κ3) is 5.26. The van der Waals surface area contributed by atoms with Gasteiger partial charge < -0.3 is 4.74 Å². The molecule has 35 heavy (non-hydrogen) atoms. The van der Waals surface area contributed by atoms with Gasteiger partial charge in [0, 0.05) is 29.7 Å². The van der Waals surface area contributed by atoms with Crippen molar-refractivity contribution in [2.45, 2.75) is 52.1 Å². The zero-order valence-corrected chi connectivity index (χ0v) is 19.3. The quantitative estimate of drug-likeness (QED) is 0.375. The minimum absolute atomic E-state index is 0.0201. The highest BCUT2D eigenvalue weighted by atomic mass is 19.3. The van der Waals surface area contributed by atoms with E-state index < -0.39 is 52.1 Å². The number of halogens is 7. The molecule has 1 atom stereocenters. The van der Waals surface area contributed by atoms with Gasteiger partial charge in [0.05, 0.1) is 0 Å². The van der Waals surface area contributed by atoms with Gasteiger partial charge in [-0.2, -0.15) is 8.78 Å². The van der Waals surface area contributed by atoms with Gasteiger partial charge in [-0.25, -0.2) is 22.0 Å². The fourth-order valence-corrected chi connectivity index (χ4v) is 4.87. The van der Waals surface area contributed by atoms with Gasteiger partial charge in [0.25, 0.3) is 0 Å². The number of hydrogen-bond acceptors (Lipinski definition) is 1. The number of alkyl halides is 2. The summed E-state index contributed by atoms with van der Waals surface area (Å²) in [5.41, 5.74) is -2.45. The molecule has 2 aromatic carbocycles. The number of benzene rings is 2. The Morgan fingerprint density at radius 1 is 0.829 bits per heavy atom. The Kier molecular flexibility index (Phi) is 7.02. The lowest BCUT2D eigenvalue weighted by Gasteiger charge is -2.32. The van der Waals surface area contributed by atoms with Gasteiger partial charge in [0.1, 0.15) is 40.4 Å². The van der Waals surface area contributed by atoms with Crippen LogP contribution in [0.25, 0.3) is 5.57 Å². The summed E-state index contributed by atoms with van der Waals surface area (Å²) in [5.74, 6) is -6.19. The van der Waals surface area contributed by atoms with E-state index in [0.717, 1.165) is 32.6 Å². The molecule has 0 radical (unpaired) electrons. The van der Waals surface area contributed by atoms with Crippen molar-refractivity contribution in [3.05, 3.63) is 82.2 Å². The Labute approximate surface area is 199 Å². The Balaban J connectivity index is 1.57. The molecule has 1 unspecified atom stereocenters. The van der Waals surface area contributed by atoms with E-state index in [1.807, 2.05) is 6.08 Å². The van der Waals surface area contributed by atoms with E-state index in [2.05, 4.69) is 11.7 Å². The molecule has 0 bridgehead atoms. The third-order valence-electron chi connectivity index (χ3n) is 7.03. The van der Waals surface area contributed by atoms with E-state index in [-0.39, 0.29) is 23.5 Å². The van der Waals surface area contributed by atoms with Crippen molar-refractivity contribution in [2.24, 2.45) is 17.8 Å². The molecule has 1 saturated carbocycles. The Hall–Kier alpha value is -2.77. The summed E-state index contributed by atoms with van der Waals surface area (Å²) in [5, 5.41) is 0. The molecule has 0 N–H and O–H groups in total. The Morgan fingerprint density at radius 2 is 1.40 bits per heavy atom. The average Bonchev–Trinajstić information content (AvgIpc) is 2.76. The number of ether oxygens (including phenoxy) is 1. The van der Waals surface area contributed by atoms with Crippen LogP contribution < -0.4 is 4.74 Å². The topological polar surface area (TPSA) is 9.23 Å². The molecule has 0 saturated heterocycles. The zero-order valence-electron chi connectivity index (χ0n) is 19.3. The molecule has 2 aliphatic carbocycles. The molecule has 0 aromatic heterocycles. The van der Waals surface area contributed by atoms with Crippen molar-refractivity contribution in [1.82, 2.24) is 0 Å². The lowest BCUT2D eigenvalue weighted by atomic mass is 9.73. The van der Waals surface area contributed by atoms with Gasteiger partial charge in [-0.1, -0.05) is 31.9 Å². The molecule has 4 rings (SSSR count). The highest BCUT2D eigenvalue weighted by molar-refractivity contribution is 5.77. The normalized spacial score (nSPS) is 23.1. The molecule has 2 aliphatic rings. The predicted molar refractivity (Wildman–Crippen MR) is 118 cm³/mol. The molecule has 188 valence electrons. The van der Waals surface area contributed by atoms with Crippen molar-refractivity contribution < 1.29 is 35.5 Å². The van der Waals surface area contributed by atoms with Crippen LogP contribution in [0.1, 0.15) is 55.7 Å².